The largest absolute Gasteiger partial charge is 0.394 e. The fourth-order valence-electron chi connectivity index (χ4n) is 2.99. The van der Waals surface area contributed by atoms with E-state index in [4.69, 9.17) is 5.73 Å². The van der Waals surface area contributed by atoms with Crippen molar-refractivity contribution in [3.8, 4) is 0 Å². The smallest absolute Gasteiger partial charge is 0.148 e. The van der Waals surface area contributed by atoms with Gasteiger partial charge in [0.15, 0.2) is 0 Å². The minimum absolute atomic E-state index is 0.331. The second kappa shape index (κ2) is 5.43. The molecule has 0 unspecified atom stereocenters. The van der Waals surface area contributed by atoms with Crippen molar-refractivity contribution in [1.82, 2.24) is 9.78 Å². The highest BCUT2D eigenvalue weighted by Gasteiger charge is 2.27. The molecule has 19 heavy (non-hydrogen) atoms. The van der Waals surface area contributed by atoms with Gasteiger partial charge < -0.3 is 11.1 Å². The van der Waals surface area contributed by atoms with E-state index in [0.717, 1.165) is 23.7 Å². The maximum atomic E-state index is 6.15. The van der Waals surface area contributed by atoms with Crippen molar-refractivity contribution >= 4 is 11.5 Å². The van der Waals surface area contributed by atoms with E-state index in [1.165, 1.54) is 32.1 Å². The van der Waals surface area contributed by atoms with Crippen molar-refractivity contribution in [2.24, 2.45) is 5.41 Å². The molecule has 0 saturated heterocycles. The third-order valence-electron chi connectivity index (χ3n) is 4.36. The Kier molecular flexibility index (Phi) is 4.07. The van der Waals surface area contributed by atoms with E-state index in [-0.39, 0.29) is 0 Å². The second-order valence-electron chi connectivity index (χ2n) is 6.61. The van der Waals surface area contributed by atoms with Gasteiger partial charge in [-0.25, -0.2) is 4.68 Å². The predicted molar refractivity (Wildman–Crippen MR) is 81.4 cm³/mol. The Balaban J connectivity index is 2.10. The van der Waals surface area contributed by atoms with Gasteiger partial charge in [0, 0.05) is 12.6 Å². The third kappa shape index (κ3) is 3.04. The van der Waals surface area contributed by atoms with Crippen LogP contribution in [0.4, 0.5) is 11.5 Å². The molecule has 0 bridgehead atoms. The summed E-state index contributed by atoms with van der Waals surface area (Å²) in [7, 11) is 0. The summed E-state index contributed by atoms with van der Waals surface area (Å²) < 4.78 is 2.01. The Labute approximate surface area is 116 Å². The Bertz CT molecular complexity index is 428. The average molecular weight is 264 g/mol. The van der Waals surface area contributed by atoms with Gasteiger partial charge in [0.05, 0.1) is 11.4 Å². The number of aryl methyl sites for hydroxylation is 1. The number of nitrogens with two attached hydrogens (primary N) is 1. The molecule has 4 heteroatoms. The van der Waals surface area contributed by atoms with Gasteiger partial charge in [0.1, 0.15) is 5.82 Å². The number of aromatic nitrogens is 2. The SMILES string of the molecule is Cc1nn(C(C)C)c(NCC2(C)CCCCC2)c1N. The summed E-state index contributed by atoms with van der Waals surface area (Å²) in [6.07, 6.45) is 6.73. The van der Waals surface area contributed by atoms with Gasteiger partial charge in [-0.1, -0.05) is 26.2 Å². The van der Waals surface area contributed by atoms with Crippen LogP contribution < -0.4 is 11.1 Å². The van der Waals surface area contributed by atoms with Crippen molar-refractivity contribution in [2.75, 3.05) is 17.6 Å². The van der Waals surface area contributed by atoms with E-state index in [2.05, 4.69) is 31.2 Å². The van der Waals surface area contributed by atoms with E-state index in [0.29, 0.717) is 11.5 Å². The second-order valence-corrected chi connectivity index (χ2v) is 6.61. The predicted octanol–water partition coefficient (Wildman–Crippen LogP) is 3.74. The normalized spacial score (nSPS) is 18.8. The fraction of sp³-hybridized carbons (Fsp3) is 0.800. The van der Waals surface area contributed by atoms with Crippen LogP contribution in [0.25, 0.3) is 0 Å². The van der Waals surface area contributed by atoms with Crippen LogP contribution in [-0.4, -0.2) is 16.3 Å². The molecule has 3 N–H and O–H groups in total. The first-order chi connectivity index (χ1) is 8.93. The molecule has 1 aromatic heterocycles. The van der Waals surface area contributed by atoms with Gasteiger partial charge in [-0.3, -0.25) is 0 Å². The molecule has 0 atom stereocenters. The van der Waals surface area contributed by atoms with Gasteiger partial charge in [0.25, 0.3) is 0 Å². The highest BCUT2D eigenvalue weighted by Crippen LogP contribution is 2.36. The summed E-state index contributed by atoms with van der Waals surface area (Å²) in [4.78, 5) is 0. The molecule has 1 aromatic rings. The first-order valence-electron chi connectivity index (χ1n) is 7.51. The maximum absolute atomic E-state index is 6.15. The lowest BCUT2D eigenvalue weighted by molar-refractivity contribution is 0.233. The molecule has 0 radical (unpaired) electrons. The number of nitrogens with one attached hydrogen (secondary N) is 1. The summed E-state index contributed by atoms with van der Waals surface area (Å²) >= 11 is 0. The highest BCUT2D eigenvalue weighted by atomic mass is 15.4. The van der Waals surface area contributed by atoms with Crippen LogP contribution in [0.2, 0.25) is 0 Å². The Morgan fingerprint density at radius 2 is 1.95 bits per heavy atom. The van der Waals surface area contributed by atoms with Gasteiger partial charge in [0.2, 0.25) is 0 Å². The molecule has 1 fully saturated rings. The van der Waals surface area contributed by atoms with E-state index in [1.807, 2.05) is 11.6 Å². The molecule has 0 spiro atoms. The molecule has 1 heterocycles. The minimum atomic E-state index is 0.331. The lowest BCUT2D eigenvalue weighted by Gasteiger charge is -2.34. The molecule has 0 aliphatic heterocycles. The molecule has 2 rings (SSSR count). The zero-order valence-corrected chi connectivity index (χ0v) is 12.8. The van der Waals surface area contributed by atoms with E-state index in [9.17, 15) is 0 Å². The Morgan fingerprint density at radius 1 is 1.32 bits per heavy atom. The summed E-state index contributed by atoms with van der Waals surface area (Å²) in [5.41, 5.74) is 8.28. The summed E-state index contributed by atoms with van der Waals surface area (Å²) in [6.45, 7) is 9.63. The fourth-order valence-corrected chi connectivity index (χ4v) is 2.99. The van der Waals surface area contributed by atoms with Gasteiger partial charge in [-0.2, -0.15) is 5.10 Å². The van der Waals surface area contributed by atoms with Gasteiger partial charge in [-0.05, 0) is 39.0 Å². The summed E-state index contributed by atoms with van der Waals surface area (Å²) in [5.74, 6) is 0.999. The zero-order chi connectivity index (χ0) is 14.0. The molecular formula is C15H28N4. The van der Waals surface area contributed by atoms with Crippen molar-refractivity contribution in [3.63, 3.8) is 0 Å². The Hall–Kier alpha value is -1.19. The monoisotopic (exact) mass is 264 g/mol. The molecule has 1 aliphatic carbocycles. The molecular weight excluding hydrogens is 236 g/mol. The van der Waals surface area contributed by atoms with Crippen LogP contribution >= 0.6 is 0 Å². The van der Waals surface area contributed by atoms with Crippen LogP contribution in [0.1, 0.15) is 64.6 Å². The van der Waals surface area contributed by atoms with E-state index in [1.54, 1.807) is 0 Å². The number of hydrogen-bond donors (Lipinski definition) is 2. The Morgan fingerprint density at radius 3 is 2.53 bits per heavy atom. The van der Waals surface area contributed by atoms with Crippen LogP contribution in [-0.2, 0) is 0 Å². The van der Waals surface area contributed by atoms with E-state index < -0.39 is 0 Å². The van der Waals surface area contributed by atoms with Gasteiger partial charge in [-0.15, -0.1) is 0 Å². The van der Waals surface area contributed by atoms with Crippen LogP contribution in [0.5, 0.6) is 0 Å². The average Bonchev–Trinajstić information content (AvgIpc) is 2.65. The van der Waals surface area contributed by atoms with E-state index >= 15 is 0 Å². The minimum Gasteiger partial charge on any atom is -0.394 e. The van der Waals surface area contributed by atoms with Crippen LogP contribution in [0.15, 0.2) is 0 Å². The first kappa shape index (κ1) is 14.2. The first-order valence-corrected chi connectivity index (χ1v) is 7.51. The highest BCUT2D eigenvalue weighted by molar-refractivity contribution is 5.65. The zero-order valence-electron chi connectivity index (χ0n) is 12.8. The number of nitrogens with zero attached hydrogens (tertiary/aromatic N) is 2. The summed E-state index contributed by atoms with van der Waals surface area (Å²) in [6, 6.07) is 0.331. The standard InChI is InChI=1S/C15H28N4/c1-11(2)19-14(13(16)12(3)18-19)17-10-15(4)8-6-5-7-9-15/h11,17H,5-10,16H2,1-4H3. The third-order valence-corrected chi connectivity index (χ3v) is 4.36. The number of nitrogen functional groups attached to an aromatic ring is 1. The van der Waals surface area contributed by atoms with Crippen molar-refractivity contribution in [2.45, 2.75) is 65.8 Å². The quantitative estimate of drug-likeness (QED) is 0.871. The van der Waals surface area contributed by atoms with Crippen LogP contribution in [0.3, 0.4) is 0 Å². The number of anilines is 2. The molecule has 108 valence electrons. The molecule has 0 aromatic carbocycles. The molecule has 0 amide bonds. The lowest BCUT2D eigenvalue weighted by atomic mass is 9.76. The maximum Gasteiger partial charge on any atom is 0.148 e. The molecule has 4 nitrogen and oxygen atoms in total. The number of rotatable bonds is 4. The van der Waals surface area contributed by atoms with Gasteiger partial charge >= 0.3 is 0 Å². The van der Waals surface area contributed by atoms with Crippen molar-refractivity contribution < 1.29 is 0 Å². The van der Waals surface area contributed by atoms with Crippen LogP contribution in [0, 0.1) is 12.3 Å². The topological polar surface area (TPSA) is 55.9 Å². The van der Waals surface area contributed by atoms with Crippen molar-refractivity contribution in [3.05, 3.63) is 5.69 Å². The number of hydrogen-bond acceptors (Lipinski definition) is 3. The molecule has 1 saturated carbocycles. The lowest BCUT2D eigenvalue weighted by Crippen LogP contribution is -2.30. The summed E-state index contributed by atoms with van der Waals surface area (Å²) in [5, 5.41) is 8.09. The van der Waals surface area contributed by atoms with Crippen molar-refractivity contribution in [1.29, 1.82) is 0 Å². The molecule has 1 aliphatic rings.